The summed E-state index contributed by atoms with van der Waals surface area (Å²) in [5.41, 5.74) is -3.00. The molecule has 4 rings (SSSR count). The Morgan fingerprint density at radius 3 is 2.08 bits per heavy atom. The zero-order valence-electron chi connectivity index (χ0n) is 21.1. The molecule has 37 heavy (non-hydrogen) atoms. The van der Waals surface area contributed by atoms with Crippen LogP contribution in [-0.2, 0) is 16.5 Å². The van der Waals surface area contributed by atoms with E-state index in [1.807, 2.05) is 0 Å². The largest absolute Gasteiger partial charge is 0.497 e. The smallest absolute Gasteiger partial charge is 0.380 e. The number of hydrogen-bond donors (Lipinski definition) is 0. The van der Waals surface area contributed by atoms with E-state index in [-0.39, 0.29) is 46.0 Å². The Morgan fingerprint density at radius 1 is 0.919 bits per heavy atom. The van der Waals surface area contributed by atoms with Crippen LogP contribution in [0.2, 0.25) is 0 Å². The predicted octanol–water partition coefficient (Wildman–Crippen LogP) is 7.77. The van der Waals surface area contributed by atoms with Crippen molar-refractivity contribution < 1.29 is 40.6 Å². The van der Waals surface area contributed by atoms with Crippen molar-refractivity contribution in [3.63, 3.8) is 0 Å². The zero-order chi connectivity index (χ0) is 27.5. The maximum atomic E-state index is 15.6. The molecule has 0 aliphatic heterocycles. The lowest BCUT2D eigenvalue weighted by atomic mass is 9.93. The summed E-state index contributed by atoms with van der Waals surface area (Å²) in [6.45, 7) is 6.73. The first-order chi connectivity index (χ1) is 17.3. The molecule has 11 heteroatoms. The minimum Gasteiger partial charge on any atom is -0.497 e. The molecule has 1 aliphatic carbocycles. The minimum absolute atomic E-state index is 0.106. The second-order valence-electron chi connectivity index (χ2n) is 8.74. The van der Waals surface area contributed by atoms with E-state index in [0.717, 1.165) is 11.3 Å². The van der Waals surface area contributed by atoms with Gasteiger partial charge in [0, 0.05) is 58.4 Å². The van der Waals surface area contributed by atoms with Gasteiger partial charge in [0.15, 0.2) is 6.29 Å². The number of methoxy groups -OCH3 is 1. The van der Waals surface area contributed by atoms with Crippen molar-refractivity contribution in [2.24, 2.45) is 7.05 Å². The molecule has 3 aromatic rings. The molecular formula is C26H27F6NO3S. The van der Waals surface area contributed by atoms with Crippen LogP contribution >= 0.6 is 11.3 Å². The van der Waals surface area contributed by atoms with E-state index < -0.39 is 35.2 Å². The van der Waals surface area contributed by atoms with Crippen molar-refractivity contribution in [1.29, 1.82) is 0 Å². The Bertz CT molecular complexity index is 1370. The summed E-state index contributed by atoms with van der Waals surface area (Å²) in [4.78, 5) is 0.476. The molecule has 0 saturated carbocycles. The number of ether oxygens (including phenoxy) is 3. The molecule has 0 bridgehead atoms. The fraction of sp³-hybridized carbons (Fsp3) is 0.462. The summed E-state index contributed by atoms with van der Waals surface area (Å²) in [5, 5.41) is 0.106. The van der Waals surface area contributed by atoms with Gasteiger partial charge in [0.05, 0.1) is 12.0 Å². The first-order valence-electron chi connectivity index (χ1n) is 11.6. The molecule has 1 aromatic carbocycles. The molecule has 0 unspecified atom stereocenters. The second-order valence-corrected chi connectivity index (χ2v) is 10.0. The SMILES string of the molecule is CCOC(OCC)c1cc(C2=C(c3c(C)n(C)c4ccc(OC)cc34)C(F)(F)C(F)(F)C2(F)F)c(C)s1. The van der Waals surface area contributed by atoms with E-state index in [1.54, 1.807) is 33.0 Å². The number of benzene rings is 1. The highest BCUT2D eigenvalue weighted by Gasteiger charge is 2.80. The van der Waals surface area contributed by atoms with Gasteiger partial charge in [0.25, 0.3) is 0 Å². The molecule has 0 atom stereocenters. The molecule has 0 spiro atoms. The summed E-state index contributed by atoms with van der Waals surface area (Å²) in [7, 11) is 2.91. The van der Waals surface area contributed by atoms with Gasteiger partial charge in [-0.3, -0.25) is 0 Å². The number of fused-ring (bicyclic) bond motifs is 1. The molecule has 2 aromatic heterocycles. The van der Waals surface area contributed by atoms with Gasteiger partial charge in [-0.25, -0.2) is 0 Å². The van der Waals surface area contributed by atoms with Crippen molar-refractivity contribution >= 4 is 33.4 Å². The Labute approximate surface area is 214 Å². The number of rotatable bonds is 8. The van der Waals surface area contributed by atoms with Crippen LogP contribution < -0.4 is 4.74 Å². The molecule has 4 nitrogen and oxygen atoms in total. The number of aromatic nitrogens is 1. The molecule has 202 valence electrons. The monoisotopic (exact) mass is 547 g/mol. The first-order valence-corrected chi connectivity index (χ1v) is 12.4. The van der Waals surface area contributed by atoms with Gasteiger partial charge >= 0.3 is 17.8 Å². The van der Waals surface area contributed by atoms with E-state index in [1.165, 1.54) is 37.7 Å². The summed E-state index contributed by atoms with van der Waals surface area (Å²) in [5.74, 6) is -15.7. The number of aryl methyl sites for hydroxylation is 2. The van der Waals surface area contributed by atoms with Crippen molar-refractivity contribution in [3.05, 3.63) is 50.8 Å². The van der Waals surface area contributed by atoms with E-state index >= 15 is 17.6 Å². The lowest BCUT2D eigenvalue weighted by Crippen LogP contribution is -2.49. The number of thiophene rings is 1. The van der Waals surface area contributed by atoms with Gasteiger partial charge in [0.1, 0.15) is 5.75 Å². The third kappa shape index (κ3) is 3.88. The van der Waals surface area contributed by atoms with E-state index in [2.05, 4.69) is 0 Å². The molecule has 0 amide bonds. The van der Waals surface area contributed by atoms with Gasteiger partial charge in [-0.15, -0.1) is 11.3 Å². The number of nitrogens with zero attached hydrogens (tertiary/aromatic N) is 1. The molecule has 0 saturated heterocycles. The number of hydrogen-bond acceptors (Lipinski definition) is 4. The van der Waals surface area contributed by atoms with Crippen LogP contribution in [0.4, 0.5) is 26.3 Å². The van der Waals surface area contributed by atoms with Gasteiger partial charge in [0.2, 0.25) is 0 Å². The topological polar surface area (TPSA) is 32.6 Å². The summed E-state index contributed by atoms with van der Waals surface area (Å²) >= 11 is 0.974. The highest BCUT2D eigenvalue weighted by Crippen LogP contribution is 2.66. The van der Waals surface area contributed by atoms with Crippen LogP contribution in [0.1, 0.15) is 46.7 Å². The number of allylic oxidation sites excluding steroid dienone is 2. The van der Waals surface area contributed by atoms with E-state index in [9.17, 15) is 8.78 Å². The minimum atomic E-state index is -5.66. The summed E-state index contributed by atoms with van der Waals surface area (Å²) in [6, 6.07) is 5.72. The lowest BCUT2D eigenvalue weighted by Gasteiger charge is -2.26. The van der Waals surface area contributed by atoms with Crippen LogP contribution in [0.25, 0.3) is 22.0 Å². The lowest BCUT2D eigenvalue weighted by molar-refractivity contribution is -0.254. The molecule has 2 heterocycles. The average Bonchev–Trinajstić information content (AvgIpc) is 3.36. The maximum absolute atomic E-state index is 15.6. The molecule has 1 aliphatic rings. The van der Waals surface area contributed by atoms with Gasteiger partial charge in [-0.1, -0.05) is 0 Å². The van der Waals surface area contributed by atoms with Crippen molar-refractivity contribution in [2.75, 3.05) is 20.3 Å². The third-order valence-corrected chi connectivity index (χ3v) is 7.76. The Kier molecular flexibility index (Phi) is 6.96. The first kappa shape index (κ1) is 27.5. The zero-order valence-corrected chi connectivity index (χ0v) is 22.0. The Balaban J connectivity index is 2.11. The molecular weight excluding hydrogens is 520 g/mol. The molecule has 0 radical (unpaired) electrons. The standard InChI is InChI=1S/C26H27F6NO3S/c1-7-35-23(36-8-2)19-12-16(14(4)37-19)21-22(25(29,30)26(31,32)24(21,27)28)20-13(3)33(5)18-10-9-15(34-6)11-17(18)20/h9-12,23H,7-8H2,1-6H3. The molecule has 0 N–H and O–H groups in total. The van der Waals surface area contributed by atoms with Gasteiger partial charge < -0.3 is 18.8 Å². The summed E-state index contributed by atoms with van der Waals surface area (Å²) in [6.07, 6.45) is -0.948. The highest BCUT2D eigenvalue weighted by atomic mass is 32.1. The van der Waals surface area contributed by atoms with Crippen LogP contribution in [0.5, 0.6) is 5.75 Å². The van der Waals surface area contributed by atoms with Crippen LogP contribution in [0.15, 0.2) is 24.3 Å². The normalized spacial score (nSPS) is 18.4. The van der Waals surface area contributed by atoms with Crippen LogP contribution in [0.3, 0.4) is 0 Å². The fourth-order valence-electron chi connectivity index (χ4n) is 4.79. The quantitative estimate of drug-likeness (QED) is 0.213. The van der Waals surface area contributed by atoms with Gasteiger partial charge in [-0.2, -0.15) is 26.3 Å². The van der Waals surface area contributed by atoms with E-state index in [4.69, 9.17) is 14.2 Å². The van der Waals surface area contributed by atoms with E-state index in [0.29, 0.717) is 10.4 Å². The summed E-state index contributed by atoms with van der Waals surface area (Å²) < 4.78 is 110. The third-order valence-electron chi connectivity index (χ3n) is 6.69. The Morgan fingerprint density at radius 2 is 1.51 bits per heavy atom. The number of alkyl halides is 6. The van der Waals surface area contributed by atoms with Gasteiger partial charge in [-0.05, 0) is 57.5 Å². The van der Waals surface area contributed by atoms with Crippen molar-refractivity contribution in [1.82, 2.24) is 4.57 Å². The van der Waals surface area contributed by atoms with Crippen molar-refractivity contribution in [3.8, 4) is 5.75 Å². The highest BCUT2D eigenvalue weighted by molar-refractivity contribution is 7.12. The predicted molar refractivity (Wildman–Crippen MR) is 131 cm³/mol. The van der Waals surface area contributed by atoms with Crippen LogP contribution in [0, 0.1) is 13.8 Å². The van der Waals surface area contributed by atoms with Crippen LogP contribution in [-0.4, -0.2) is 42.7 Å². The Hall–Kier alpha value is -2.50. The molecule has 0 fully saturated rings. The average molecular weight is 548 g/mol. The maximum Gasteiger partial charge on any atom is 0.380 e. The second kappa shape index (κ2) is 9.36. The number of halogens is 6. The van der Waals surface area contributed by atoms with Crippen molar-refractivity contribution in [2.45, 2.75) is 51.8 Å². The fourth-order valence-corrected chi connectivity index (χ4v) is 5.82.